The summed E-state index contributed by atoms with van der Waals surface area (Å²) >= 11 is 1.41. The maximum Gasteiger partial charge on any atom is 0.251 e. The zero-order chi connectivity index (χ0) is 15.8. The molecule has 0 radical (unpaired) electrons. The lowest BCUT2D eigenvalue weighted by atomic mass is 9.90. The molecule has 4 nitrogen and oxygen atoms in total. The van der Waals surface area contributed by atoms with Crippen molar-refractivity contribution >= 4 is 22.8 Å². The Balaban J connectivity index is 1.80. The molecular weight excluding hydrogens is 296 g/mol. The highest BCUT2D eigenvalue weighted by Gasteiger charge is 2.21. The van der Waals surface area contributed by atoms with Gasteiger partial charge in [-0.05, 0) is 30.5 Å². The van der Waals surface area contributed by atoms with E-state index in [2.05, 4.69) is 5.32 Å². The van der Waals surface area contributed by atoms with Gasteiger partial charge in [-0.25, -0.2) is 0 Å². The van der Waals surface area contributed by atoms with E-state index in [4.69, 9.17) is 5.73 Å². The maximum absolute atomic E-state index is 12.2. The Morgan fingerprint density at radius 2 is 1.82 bits per heavy atom. The molecule has 1 amide bonds. The predicted octanol–water partition coefficient (Wildman–Crippen LogP) is 2.72. The summed E-state index contributed by atoms with van der Waals surface area (Å²) < 4.78 is 0. The Kier molecular flexibility index (Phi) is 6.93. The fraction of sp³-hybridized carbons (Fsp3) is 0.529. The molecule has 0 bridgehead atoms. The number of amides is 1. The lowest BCUT2D eigenvalue weighted by Gasteiger charge is -2.19. The Labute approximate surface area is 136 Å². The Hall–Kier alpha value is -1.33. The summed E-state index contributed by atoms with van der Waals surface area (Å²) in [6, 6.07) is 7.43. The molecule has 0 unspecified atom stereocenters. The van der Waals surface area contributed by atoms with E-state index in [9.17, 15) is 9.59 Å². The van der Waals surface area contributed by atoms with Gasteiger partial charge >= 0.3 is 0 Å². The van der Waals surface area contributed by atoms with Gasteiger partial charge < -0.3 is 11.1 Å². The first-order chi connectivity index (χ1) is 10.7. The van der Waals surface area contributed by atoms with Gasteiger partial charge in [0, 0.05) is 30.3 Å². The van der Waals surface area contributed by atoms with E-state index in [1.54, 1.807) is 12.1 Å². The van der Waals surface area contributed by atoms with Crippen LogP contribution in [0.1, 0.15) is 48.0 Å². The second kappa shape index (κ2) is 8.96. The van der Waals surface area contributed by atoms with E-state index in [1.165, 1.54) is 31.0 Å². The van der Waals surface area contributed by atoms with Crippen molar-refractivity contribution in [1.82, 2.24) is 5.32 Å². The van der Waals surface area contributed by atoms with Crippen LogP contribution in [0.15, 0.2) is 24.3 Å². The molecule has 0 spiro atoms. The van der Waals surface area contributed by atoms with E-state index in [0.29, 0.717) is 29.5 Å². The number of rotatable bonds is 6. The van der Waals surface area contributed by atoms with Crippen LogP contribution in [0.2, 0.25) is 0 Å². The molecule has 1 aliphatic carbocycles. The van der Waals surface area contributed by atoms with Gasteiger partial charge in [0.05, 0.1) is 0 Å². The number of hydrogen-bond acceptors (Lipinski definition) is 4. The van der Waals surface area contributed by atoms with Crippen LogP contribution < -0.4 is 11.1 Å². The SMILES string of the molecule is NCCNC(=O)c1ccc(CSC(=O)C2CCCCC2)cc1. The first kappa shape index (κ1) is 17.0. The largest absolute Gasteiger partial charge is 0.351 e. The summed E-state index contributed by atoms with van der Waals surface area (Å²) in [7, 11) is 0. The quantitative estimate of drug-likeness (QED) is 0.845. The first-order valence-corrected chi connectivity index (χ1v) is 8.93. The van der Waals surface area contributed by atoms with Crippen molar-refractivity contribution in [2.75, 3.05) is 13.1 Å². The van der Waals surface area contributed by atoms with E-state index in [0.717, 1.165) is 18.4 Å². The number of carbonyl (C=O) groups excluding carboxylic acids is 2. The normalized spacial score (nSPS) is 15.5. The van der Waals surface area contributed by atoms with Crippen molar-refractivity contribution in [3.05, 3.63) is 35.4 Å². The van der Waals surface area contributed by atoms with Gasteiger partial charge in [-0.1, -0.05) is 43.2 Å². The molecule has 1 fully saturated rings. The average molecular weight is 320 g/mol. The molecule has 120 valence electrons. The maximum atomic E-state index is 12.2. The smallest absolute Gasteiger partial charge is 0.251 e. The Bertz CT molecular complexity index is 496. The average Bonchev–Trinajstić information content (AvgIpc) is 2.58. The van der Waals surface area contributed by atoms with Gasteiger partial charge in [0.15, 0.2) is 5.12 Å². The van der Waals surface area contributed by atoms with Gasteiger partial charge in [-0.3, -0.25) is 9.59 Å². The number of hydrogen-bond donors (Lipinski definition) is 2. The summed E-state index contributed by atoms with van der Waals surface area (Å²) in [5, 5.41) is 3.06. The molecule has 1 saturated carbocycles. The van der Waals surface area contributed by atoms with Gasteiger partial charge in [0.2, 0.25) is 0 Å². The summed E-state index contributed by atoms with van der Waals surface area (Å²) in [6.45, 7) is 0.913. The molecule has 2 rings (SSSR count). The van der Waals surface area contributed by atoms with Gasteiger partial charge in [0.25, 0.3) is 5.91 Å². The third-order valence-electron chi connectivity index (χ3n) is 3.97. The van der Waals surface area contributed by atoms with E-state index >= 15 is 0 Å². The topological polar surface area (TPSA) is 72.2 Å². The van der Waals surface area contributed by atoms with Crippen LogP contribution in [0.3, 0.4) is 0 Å². The highest BCUT2D eigenvalue weighted by Crippen LogP contribution is 2.29. The summed E-state index contributed by atoms with van der Waals surface area (Å²) in [5.74, 6) is 0.822. The van der Waals surface area contributed by atoms with Crippen molar-refractivity contribution in [3.63, 3.8) is 0 Å². The minimum Gasteiger partial charge on any atom is -0.351 e. The molecule has 1 aliphatic rings. The van der Waals surface area contributed by atoms with Crippen molar-refractivity contribution in [3.8, 4) is 0 Å². The van der Waals surface area contributed by atoms with Crippen molar-refractivity contribution in [2.45, 2.75) is 37.9 Å². The zero-order valence-electron chi connectivity index (χ0n) is 12.8. The molecule has 22 heavy (non-hydrogen) atoms. The van der Waals surface area contributed by atoms with Crippen LogP contribution in [0, 0.1) is 5.92 Å². The van der Waals surface area contributed by atoms with Crippen molar-refractivity contribution < 1.29 is 9.59 Å². The van der Waals surface area contributed by atoms with E-state index in [-0.39, 0.29) is 11.8 Å². The lowest BCUT2D eigenvalue weighted by molar-refractivity contribution is -0.115. The predicted molar refractivity (Wildman–Crippen MR) is 90.7 cm³/mol. The number of nitrogens with two attached hydrogens (primary N) is 1. The van der Waals surface area contributed by atoms with Crippen molar-refractivity contribution in [2.24, 2.45) is 11.7 Å². The summed E-state index contributed by atoms with van der Waals surface area (Å²) in [5.41, 5.74) is 7.06. The van der Waals surface area contributed by atoms with E-state index in [1.807, 2.05) is 12.1 Å². The highest BCUT2D eigenvalue weighted by molar-refractivity contribution is 8.13. The monoisotopic (exact) mass is 320 g/mol. The molecule has 0 aromatic heterocycles. The molecule has 1 aromatic rings. The third kappa shape index (κ3) is 5.14. The lowest BCUT2D eigenvalue weighted by Crippen LogP contribution is -2.28. The number of benzene rings is 1. The van der Waals surface area contributed by atoms with Gasteiger partial charge in [-0.15, -0.1) is 0 Å². The summed E-state index contributed by atoms with van der Waals surface area (Å²) in [6.07, 6.45) is 5.73. The van der Waals surface area contributed by atoms with Crippen LogP contribution in [0.4, 0.5) is 0 Å². The molecule has 0 atom stereocenters. The molecular formula is C17H24N2O2S. The van der Waals surface area contributed by atoms with Crippen LogP contribution in [0.5, 0.6) is 0 Å². The first-order valence-electron chi connectivity index (χ1n) is 7.94. The molecule has 0 heterocycles. The Morgan fingerprint density at radius 3 is 2.45 bits per heavy atom. The van der Waals surface area contributed by atoms with Gasteiger partial charge in [-0.2, -0.15) is 0 Å². The molecule has 0 aliphatic heterocycles. The third-order valence-corrected chi connectivity index (χ3v) is 5.06. The van der Waals surface area contributed by atoms with Crippen LogP contribution >= 0.6 is 11.8 Å². The minimum absolute atomic E-state index is 0.108. The van der Waals surface area contributed by atoms with E-state index < -0.39 is 0 Å². The van der Waals surface area contributed by atoms with Gasteiger partial charge in [0.1, 0.15) is 0 Å². The molecule has 1 aromatic carbocycles. The summed E-state index contributed by atoms with van der Waals surface area (Å²) in [4.78, 5) is 23.9. The second-order valence-corrected chi connectivity index (χ2v) is 6.66. The highest BCUT2D eigenvalue weighted by atomic mass is 32.2. The number of carbonyl (C=O) groups is 2. The van der Waals surface area contributed by atoms with Crippen LogP contribution in [-0.2, 0) is 10.5 Å². The second-order valence-electron chi connectivity index (χ2n) is 5.68. The number of thioether (sulfide) groups is 1. The zero-order valence-corrected chi connectivity index (χ0v) is 13.7. The van der Waals surface area contributed by atoms with Crippen molar-refractivity contribution in [1.29, 1.82) is 0 Å². The fourth-order valence-corrected chi connectivity index (χ4v) is 3.62. The standard InChI is InChI=1S/C17H24N2O2S/c18-10-11-19-16(20)14-8-6-13(7-9-14)12-22-17(21)15-4-2-1-3-5-15/h6-9,15H,1-5,10-12,18H2,(H,19,20). The fourth-order valence-electron chi connectivity index (χ4n) is 2.65. The Morgan fingerprint density at radius 1 is 1.14 bits per heavy atom. The number of nitrogens with one attached hydrogen (secondary N) is 1. The van der Waals surface area contributed by atoms with Crippen LogP contribution in [0.25, 0.3) is 0 Å². The molecule has 3 N–H and O–H groups in total. The molecule has 5 heteroatoms. The minimum atomic E-state index is -0.108. The van der Waals surface area contributed by atoms with Crippen LogP contribution in [-0.4, -0.2) is 24.1 Å². The molecule has 0 saturated heterocycles.